The first-order valence-corrected chi connectivity index (χ1v) is 6.70. The summed E-state index contributed by atoms with van der Waals surface area (Å²) in [7, 11) is 0. The molecule has 1 aliphatic heterocycles. The molecular formula is C15H18N2O2. The minimum Gasteiger partial charge on any atom is -0.464 e. The maximum Gasteiger partial charge on any atom is 0.180 e. The minimum atomic E-state index is 0.127. The zero-order valence-corrected chi connectivity index (χ0v) is 10.8. The third-order valence-electron chi connectivity index (χ3n) is 3.85. The van der Waals surface area contributed by atoms with Crippen LogP contribution in [0.5, 0.6) is 0 Å². The zero-order chi connectivity index (χ0) is 13.2. The molecule has 1 aliphatic rings. The van der Waals surface area contributed by atoms with Gasteiger partial charge in [0.2, 0.25) is 0 Å². The van der Waals surface area contributed by atoms with Crippen LogP contribution >= 0.6 is 0 Å². The number of likely N-dealkylation sites (tertiary alicyclic amines) is 1. The van der Waals surface area contributed by atoms with Crippen LogP contribution in [0.3, 0.4) is 0 Å². The predicted octanol–water partition coefficient (Wildman–Crippen LogP) is 1.90. The Hall–Kier alpha value is -1.65. The Morgan fingerprint density at radius 2 is 2.26 bits per heavy atom. The Balaban J connectivity index is 1.74. The number of fused-ring (bicyclic) bond motifs is 1. The van der Waals surface area contributed by atoms with Gasteiger partial charge in [-0.2, -0.15) is 0 Å². The van der Waals surface area contributed by atoms with Crippen molar-refractivity contribution in [3.05, 3.63) is 36.1 Å². The van der Waals surface area contributed by atoms with E-state index in [-0.39, 0.29) is 5.78 Å². The topological polar surface area (TPSA) is 59.5 Å². The van der Waals surface area contributed by atoms with Crippen molar-refractivity contribution in [1.29, 1.82) is 0 Å². The summed E-state index contributed by atoms with van der Waals surface area (Å²) in [6.07, 6.45) is 2.67. The first kappa shape index (κ1) is 12.4. The van der Waals surface area contributed by atoms with E-state index in [1.807, 2.05) is 24.3 Å². The molecule has 0 radical (unpaired) electrons. The maximum atomic E-state index is 12.3. The molecule has 0 aliphatic carbocycles. The molecule has 0 saturated carbocycles. The van der Waals surface area contributed by atoms with Crippen LogP contribution < -0.4 is 5.73 Å². The average molecular weight is 258 g/mol. The standard InChI is InChI=1S/C15H18N2O2/c16-7-11-5-6-17(8-11)9-14(18)13-10-19-15-4-2-1-3-12(13)15/h1-4,10-11H,5-9,16H2. The van der Waals surface area contributed by atoms with Crippen molar-refractivity contribution in [3.8, 4) is 0 Å². The van der Waals surface area contributed by atoms with E-state index in [0.717, 1.165) is 30.5 Å². The van der Waals surface area contributed by atoms with Crippen LogP contribution in [0.1, 0.15) is 16.8 Å². The van der Waals surface area contributed by atoms with E-state index in [9.17, 15) is 4.79 Å². The number of furan rings is 1. The van der Waals surface area contributed by atoms with E-state index in [0.29, 0.717) is 24.6 Å². The Labute approximate surface area is 112 Å². The van der Waals surface area contributed by atoms with E-state index in [1.165, 1.54) is 0 Å². The number of para-hydroxylation sites is 1. The van der Waals surface area contributed by atoms with Crippen molar-refractivity contribution in [3.63, 3.8) is 0 Å². The molecule has 1 saturated heterocycles. The van der Waals surface area contributed by atoms with Crippen molar-refractivity contribution in [2.75, 3.05) is 26.2 Å². The second-order valence-corrected chi connectivity index (χ2v) is 5.19. The van der Waals surface area contributed by atoms with Gasteiger partial charge in [-0.3, -0.25) is 9.69 Å². The normalized spacial score (nSPS) is 20.2. The van der Waals surface area contributed by atoms with Gasteiger partial charge in [-0.05, 0) is 31.5 Å². The number of rotatable bonds is 4. The van der Waals surface area contributed by atoms with Crippen molar-refractivity contribution in [1.82, 2.24) is 4.90 Å². The second-order valence-electron chi connectivity index (χ2n) is 5.19. The van der Waals surface area contributed by atoms with E-state index in [2.05, 4.69) is 4.90 Å². The van der Waals surface area contributed by atoms with Gasteiger partial charge in [0.15, 0.2) is 5.78 Å². The summed E-state index contributed by atoms with van der Waals surface area (Å²) < 4.78 is 5.42. The molecular weight excluding hydrogens is 240 g/mol. The van der Waals surface area contributed by atoms with Gasteiger partial charge in [0.25, 0.3) is 0 Å². The van der Waals surface area contributed by atoms with Crippen molar-refractivity contribution in [2.24, 2.45) is 11.7 Å². The Bertz CT molecular complexity index is 591. The second kappa shape index (κ2) is 5.15. The molecule has 2 aromatic rings. The molecule has 19 heavy (non-hydrogen) atoms. The van der Waals surface area contributed by atoms with E-state index in [4.69, 9.17) is 10.2 Å². The highest BCUT2D eigenvalue weighted by atomic mass is 16.3. The molecule has 2 heterocycles. The molecule has 0 bridgehead atoms. The number of benzene rings is 1. The van der Waals surface area contributed by atoms with E-state index >= 15 is 0 Å². The van der Waals surface area contributed by atoms with Gasteiger partial charge in [0.05, 0.1) is 12.1 Å². The molecule has 2 N–H and O–H groups in total. The molecule has 4 nitrogen and oxygen atoms in total. The Morgan fingerprint density at radius 1 is 1.42 bits per heavy atom. The summed E-state index contributed by atoms with van der Waals surface area (Å²) in [6.45, 7) is 3.06. The molecule has 100 valence electrons. The molecule has 1 unspecified atom stereocenters. The van der Waals surface area contributed by atoms with Crippen LogP contribution in [0, 0.1) is 5.92 Å². The number of carbonyl (C=O) groups excluding carboxylic acids is 1. The first-order chi connectivity index (χ1) is 9.28. The summed E-state index contributed by atoms with van der Waals surface area (Å²) in [5.41, 5.74) is 7.13. The lowest BCUT2D eigenvalue weighted by atomic mass is 10.1. The quantitative estimate of drug-likeness (QED) is 0.851. The van der Waals surface area contributed by atoms with Crippen LogP contribution in [0.15, 0.2) is 34.9 Å². The van der Waals surface area contributed by atoms with Crippen LogP contribution in [0.2, 0.25) is 0 Å². The fourth-order valence-corrected chi connectivity index (χ4v) is 2.73. The smallest absolute Gasteiger partial charge is 0.180 e. The first-order valence-electron chi connectivity index (χ1n) is 6.70. The van der Waals surface area contributed by atoms with Crippen molar-refractivity contribution < 1.29 is 9.21 Å². The number of Topliss-reactive ketones (excluding diaryl/α,β-unsaturated/α-hetero) is 1. The van der Waals surface area contributed by atoms with Crippen LogP contribution in [0.4, 0.5) is 0 Å². The molecule has 1 fully saturated rings. The molecule has 4 heteroatoms. The molecule has 0 amide bonds. The van der Waals surface area contributed by atoms with Crippen LogP contribution in [-0.2, 0) is 0 Å². The Kier molecular flexibility index (Phi) is 3.36. The third-order valence-corrected chi connectivity index (χ3v) is 3.85. The highest BCUT2D eigenvalue weighted by molar-refractivity contribution is 6.08. The summed E-state index contributed by atoms with van der Waals surface area (Å²) in [5.74, 6) is 0.663. The highest BCUT2D eigenvalue weighted by Gasteiger charge is 2.24. The number of nitrogens with two attached hydrogens (primary N) is 1. The Morgan fingerprint density at radius 3 is 3.05 bits per heavy atom. The number of hydrogen-bond acceptors (Lipinski definition) is 4. The number of ketones is 1. The lowest BCUT2D eigenvalue weighted by Gasteiger charge is -2.13. The SMILES string of the molecule is NCC1CCN(CC(=O)c2coc3ccccc23)C1. The number of hydrogen-bond donors (Lipinski definition) is 1. The minimum absolute atomic E-state index is 0.127. The van der Waals surface area contributed by atoms with Gasteiger partial charge in [-0.25, -0.2) is 0 Å². The van der Waals surface area contributed by atoms with Crippen LogP contribution in [0.25, 0.3) is 11.0 Å². The van der Waals surface area contributed by atoms with E-state index in [1.54, 1.807) is 6.26 Å². The summed E-state index contributed by atoms with van der Waals surface area (Å²) in [4.78, 5) is 14.5. The van der Waals surface area contributed by atoms with Crippen molar-refractivity contribution in [2.45, 2.75) is 6.42 Å². The largest absolute Gasteiger partial charge is 0.464 e. The predicted molar refractivity (Wildman–Crippen MR) is 74.1 cm³/mol. The van der Waals surface area contributed by atoms with Gasteiger partial charge in [0, 0.05) is 11.9 Å². The molecule has 0 spiro atoms. The third kappa shape index (κ3) is 2.41. The highest BCUT2D eigenvalue weighted by Crippen LogP contribution is 2.22. The monoisotopic (exact) mass is 258 g/mol. The molecule has 1 aromatic heterocycles. The summed E-state index contributed by atoms with van der Waals surface area (Å²) in [6, 6.07) is 7.65. The summed E-state index contributed by atoms with van der Waals surface area (Å²) >= 11 is 0. The summed E-state index contributed by atoms with van der Waals surface area (Å²) in [5, 5.41) is 0.905. The van der Waals surface area contributed by atoms with Gasteiger partial charge in [-0.1, -0.05) is 18.2 Å². The van der Waals surface area contributed by atoms with Gasteiger partial charge < -0.3 is 10.2 Å². The van der Waals surface area contributed by atoms with E-state index < -0.39 is 0 Å². The number of carbonyl (C=O) groups is 1. The molecule has 1 atom stereocenters. The fourth-order valence-electron chi connectivity index (χ4n) is 2.73. The van der Waals surface area contributed by atoms with Gasteiger partial charge >= 0.3 is 0 Å². The van der Waals surface area contributed by atoms with Crippen molar-refractivity contribution >= 4 is 16.8 Å². The lowest BCUT2D eigenvalue weighted by molar-refractivity contribution is 0.0944. The van der Waals surface area contributed by atoms with Gasteiger partial charge in [-0.15, -0.1) is 0 Å². The number of nitrogens with zero attached hydrogens (tertiary/aromatic N) is 1. The lowest BCUT2D eigenvalue weighted by Crippen LogP contribution is -2.28. The molecule has 1 aromatic carbocycles. The average Bonchev–Trinajstić information content (AvgIpc) is 3.04. The van der Waals surface area contributed by atoms with Crippen LogP contribution in [-0.4, -0.2) is 36.9 Å². The fraction of sp³-hybridized carbons (Fsp3) is 0.400. The van der Waals surface area contributed by atoms with Gasteiger partial charge in [0.1, 0.15) is 11.8 Å². The molecule has 3 rings (SSSR count). The maximum absolute atomic E-state index is 12.3. The zero-order valence-electron chi connectivity index (χ0n) is 10.8.